The standard InChI is InChI=1S/C15H18N4O2/c1-11-15(20)16-8-10-19(11)9-7-13-17-14(18-21-13)12-5-3-2-4-6-12/h2-6,11H,7-10H2,1H3,(H,16,20). The zero-order valence-electron chi connectivity index (χ0n) is 12.0. The predicted molar refractivity (Wildman–Crippen MR) is 77.5 cm³/mol. The Bertz CT molecular complexity index is 611. The van der Waals surface area contributed by atoms with Crippen LogP contribution in [-0.4, -0.2) is 46.6 Å². The molecule has 1 fully saturated rings. The van der Waals surface area contributed by atoms with Gasteiger partial charge in [-0.05, 0) is 6.92 Å². The second-order valence-corrected chi connectivity index (χ2v) is 5.13. The molecule has 110 valence electrons. The molecular formula is C15H18N4O2. The van der Waals surface area contributed by atoms with Gasteiger partial charge in [0.15, 0.2) is 0 Å². The Hall–Kier alpha value is -2.21. The number of nitrogens with zero attached hydrogens (tertiary/aromatic N) is 3. The van der Waals surface area contributed by atoms with Crippen LogP contribution in [0.2, 0.25) is 0 Å². The van der Waals surface area contributed by atoms with Gasteiger partial charge in [-0.15, -0.1) is 0 Å². The van der Waals surface area contributed by atoms with Crippen molar-refractivity contribution in [2.75, 3.05) is 19.6 Å². The first-order valence-electron chi connectivity index (χ1n) is 7.14. The summed E-state index contributed by atoms with van der Waals surface area (Å²) in [6, 6.07) is 9.64. The SMILES string of the molecule is CC1C(=O)NCCN1CCc1nc(-c2ccccc2)no1. The van der Waals surface area contributed by atoms with Crippen LogP contribution in [-0.2, 0) is 11.2 Å². The molecule has 0 spiro atoms. The van der Waals surface area contributed by atoms with Crippen molar-refractivity contribution in [3.05, 3.63) is 36.2 Å². The van der Waals surface area contributed by atoms with E-state index in [0.29, 0.717) is 24.7 Å². The molecule has 0 aliphatic carbocycles. The van der Waals surface area contributed by atoms with E-state index in [-0.39, 0.29) is 11.9 Å². The second kappa shape index (κ2) is 6.05. The van der Waals surface area contributed by atoms with Gasteiger partial charge in [-0.2, -0.15) is 4.98 Å². The average molecular weight is 286 g/mol. The number of benzene rings is 1. The van der Waals surface area contributed by atoms with Gasteiger partial charge in [-0.25, -0.2) is 0 Å². The van der Waals surface area contributed by atoms with E-state index < -0.39 is 0 Å². The van der Waals surface area contributed by atoms with Crippen LogP contribution >= 0.6 is 0 Å². The van der Waals surface area contributed by atoms with E-state index in [9.17, 15) is 4.79 Å². The van der Waals surface area contributed by atoms with E-state index in [1.807, 2.05) is 37.3 Å². The molecule has 1 saturated heterocycles. The van der Waals surface area contributed by atoms with E-state index in [1.165, 1.54) is 0 Å². The topological polar surface area (TPSA) is 71.3 Å². The molecule has 0 saturated carbocycles. The number of hydrogen-bond acceptors (Lipinski definition) is 5. The summed E-state index contributed by atoms with van der Waals surface area (Å²) in [5.41, 5.74) is 0.943. The molecule has 2 heterocycles. The highest BCUT2D eigenvalue weighted by Gasteiger charge is 2.25. The zero-order valence-corrected chi connectivity index (χ0v) is 12.0. The average Bonchev–Trinajstić information content (AvgIpc) is 2.99. The van der Waals surface area contributed by atoms with Crippen molar-refractivity contribution in [2.24, 2.45) is 0 Å². The van der Waals surface area contributed by atoms with E-state index in [2.05, 4.69) is 20.4 Å². The van der Waals surface area contributed by atoms with Crippen LogP contribution < -0.4 is 5.32 Å². The van der Waals surface area contributed by atoms with Crippen LogP contribution in [0.5, 0.6) is 0 Å². The Morgan fingerprint density at radius 3 is 3.00 bits per heavy atom. The lowest BCUT2D eigenvalue weighted by Gasteiger charge is -2.32. The van der Waals surface area contributed by atoms with Crippen LogP contribution in [0.25, 0.3) is 11.4 Å². The lowest BCUT2D eigenvalue weighted by molar-refractivity contribution is -0.128. The van der Waals surface area contributed by atoms with Gasteiger partial charge >= 0.3 is 0 Å². The molecule has 21 heavy (non-hydrogen) atoms. The maximum Gasteiger partial charge on any atom is 0.237 e. The number of amides is 1. The smallest absolute Gasteiger partial charge is 0.237 e. The summed E-state index contributed by atoms with van der Waals surface area (Å²) in [7, 11) is 0. The Morgan fingerprint density at radius 1 is 1.38 bits per heavy atom. The van der Waals surface area contributed by atoms with Crippen LogP contribution in [0, 0.1) is 0 Å². The molecule has 1 amide bonds. The first kappa shape index (κ1) is 13.8. The van der Waals surface area contributed by atoms with Crippen molar-refractivity contribution in [3.8, 4) is 11.4 Å². The van der Waals surface area contributed by atoms with Crippen molar-refractivity contribution in [2.45, 2.75) is 19.4 Å². The molecule has 1 aromatic heterocycles. The van der Waals surface area contributed by atoms with Gasteiger partial charge in [0.25, 0.3) is 0 Å². The number of hydrogen-bond donors (Lipinski definition) is 1. The second-order valence-electron chi connectivity index (χ2n) is 5.13. The summed E-state index contributed by atoms with van der Waals surface area (Å²) in [5, 5.41) is 6.85. The van der Waals surface area contributed by atoms with Crippen LogP contribution in [0.3, 0.4) is 0 Å². The molecule has 0 bridgehead atoms. The zero-order chi connectivity index (χ0) is 14.7. The van der Waals surface area contributed by atoms with Crippen LogP contribution in [0.4, 0.5) is 0 Å². The first-order valence-corrected chi connectivity index (χ1v) is 7.14. The van der Waals surface area contributed by atoms with Crippen molar-refractivity contribution in [1.82, 2.24) is 20.4 Å². The summed E-state index contributed by atoms with van der Waals surface area (Å²) in [6.07, 6.45) is 0.650. The van der Waals surface area contributed by atoms with E-state index in [4.69, 9.17) is 4.52 Å². The lowest BCUT2D eigenvalue weighted by Crippen LogP contribution is -2.54. The Labute approximate surface area is 123 Å². The largest absolute Gasteiger partial charge is 0.353 e. The summed E-state index contributed by atoms with van der Waals surface area (Å²) < 4.78 is 5.28. The number of rotatable bonds is 4. The maximum absolute atomic E-state index is 11.6. The highest BCUT2D eigenvalue weighted by Crippen LogP contribution is 2.15. The molecule has 1 aromatic carbocycles. The summed E-state index contributed by atoms with van der Waals surface area (Å²) in [6.45, 7) is 4.21. The van der Waals surface area contributed by atoms with Gasteiger partial charge < -0.3 is 9.84 Å². The van der Waals surface area contributed by atoms with Crippen molar-refractivity contribution in [1.29, 1.82) is 0 Å². The molecule has 1 atom stereocenters. The molecule has 1 unspecified atom stereocenters. The highest BCUT2D eigenvalue weighted by molar-refractivity contribution is 5.81. The monoisotopic (exact) mass is 286 g/mol. The molecule has 1 N–H and O–H groups in total. The minimum absolute atomic E-state index is 0.0803. The molecule has 1 aliphatic heterocycles. The molecule has 1 aliphatic rings. The van der Waals surface area contributed by atoms with E-state index in [0.717, 1.165) is 18.7 Å². The number of nitrogens with one attached hydrogen (secondary N) is 1. The quantitative estimate of drug-likeness (QED) is 0.911. The summed E-state index contributed by atoms with van der Waals surface area (Å²) in [4.78, 5) is 18.1. The maximum atomic E-state index is 11.6. The third-order valence-electron chi connectivity index (χ3n) is 3.74. The normalized spacial score (nSPS) is 19.5. The summed E-state index contributed by atoms with van der Waals surface area (Å²) in [5.74, 6) is 1.29. The number of carbonyl (C=O) groups excluding carboxylic acids is 1. The van der Waals surface area contributed by atoms with Crippen molar-refractivity contribution in [3.63, 3.8) is 0 Å². The third kappa shape index (κ3) is 3.11. The fourth-order valence-electron chi connectivity index (χ4n) is 2.44. The fourth-order valence-corrected chi connectivity index (χ4v) is 2.44. The molecule has 6 heteroatoms. The van der Waals surface area contributed by atoms with Crippen molar-refractivity contribution >= 4 is 5.91 Å². The Kier molecular flexibility index (Phi) is 3.96. The molecular weight excluding hydrogens is 268 g/mol. The minimum Gasteiger partial charge on any atom is -0.353 e. The Balaban J connectivity index is 1.61. The van der Waals surface area contributed by atoms with E-state index in [1.54, 1.807) is 0 Å². The van der Waals surface area contributed by atoms with Gasteiger partial charge in [0.1, 0.15) is 0 Å². The van der Waals surface area contributed by atoms with Crippen LogP contribution in [0.15, 0.2) is 34.9 Å². The van der Waals surface area contributed by atoms with Gasteiger partial charge in [0.2, 0.25) is 17.6 Å². The lowest BCUT2D eigenvalue weighted by atomic mass is 10.2. The first-order chi connectivity index (χ1) is 10.2. The van der Waals surface area contributed by atoms with Gasteiger partial charge in [-0.1, -0.05) is 35.5 Å². The molecule has 6 nitrogen and oxygen atoms in total. The fraction of sp³-hybridized carbons (Fsp3) is 0.400. The summed E-state index contributed by atoms with van der Waals surface area (Å²) >= 11 is 0. The van der Waals surface area contributed by atoms with Crippen molar-refractivity contribution < 1.29 is 9.32 Å². The number of carbonyl (C=O) groups is 1. The van der Waals surface area contributed by atoms with Gasteiger partial charge in [0, 0.05) is 31.6 Å². The predicted octanol–water partition coefficient (Wildman–Crippen LogP) is 1.10. The molecule has 0 radical (unpaired) electrons. The van der Waals surface area contributed by atoms with Gasteiger partial charge in [-0.3, -0.25) is 9.69 Å². The van der Waals surface area contributed by atoms with Gasteiger partial charge in [0.05, 0.1) is 6.04 Å². The third-order valence-corrected chi connectivity index (χ3v) is 3.74. The Morgan fingerprint density at radius 2 is 2.19 bits per heavy atom. The van der Waals surface area contributed by atoms with Crippen LogP contribution in [0.1, 0.15) is 12.8 Å². The molecule has 3 rings (SSSR count). The molecule has 2 aromatic rings. The number of piperazine rings is 1. The van der Waals surface area contributed by atoms with E-state index >= 15 is 0 Å². The minimum atomic E-state index is -0.102. The highest BCUT2D eigenvalue weighted by atomic mass is 16.5. The number of aromatic nitrogens is 2.